The van der Waals surface area contributed by atoms with E-state index in [0.29, 0.717) is 36.1 Å². The fourth-order valence-electron chi connectivity index (χ4n) is 2.74. The number of nitrogens with one attached hydrogen (secondary N) is 2. The molecule has 3 heterocycles. The standard InChI is InChI=1S/C16H21ClN6O2S/c1-4-10-12(17)20-13(18-10)14(25)19-11-5-6-23(7-8(11)2)16-22-21-15(26-16)9(3)24/h9,11,24H,2,4-7H2,1,3H3,(H,18,20)(H,19,25)/t9?,11-/m1/s1. The number of aliphatic hydroxyl groups excluding tert-OH is 1. The van der Waals surface area contributed by atoms with Gasteiger partial charge in [-0.25, -0.2) is 4.98 Å². The van der Waals surface area contributed by atoms with Crippen LogP contribution in [0.2, 0.25) is 5.15 Å². The fraction of sp³-hybridized carbons (Fsp3) is 0.500. The molecule has 2 aromatic rings. The van der Waals surface area contributed by atoms with Gasteiger partial charge in [0.2, 0.25) is 5.13 Å². The molecular weight excluding hydrogens is 376 g/mol. The van der Waals surface area contributed by atoms with Crippen LogP contribution in [0.15, 0.2) is 12.2 Å². The molecule has 0 bridgehead atoms. The first kappa shape index (κ1) is 18.8. The molecule has 8 nitrogen and oxygen atoms in total. The third kappa shape index (κ3) is 3.89. The number of amides is 1. The summed E-state index contributed by atoms with van der Waals surface area (Å²) in [6, 6.07) is -0.142. The van der Waals surface area contributed by atoms with Crippen LogP contribution in [0.4, 0.5) is 5.13 Å². The normalized spacial score (nSPS) is 18.8. The van der Waals surface area contributed by atoms with Crippen molar-refractivity contribution in [1.29, 1.82) is 0 Å². The number of aromatic amines is 1. The van der Waals surface area contributed by atoms with E-state index in [1.165, 1.54) is 11.3 Å². The van der Waals surface area contributed by atoms with Crippen molar-refractivity contribution in [3.05, 3.63) is 33.8 Å². The first-order chi connectivity index (χ1) is 12.4. The number of carbonyl (C=O) groups is 1. The van der Waals surface area contributed by atoms with Crippen molar-refractivity contribution in [3.8, 4) is 0 Å². The summed E-state index contributed by atoms with van der Waals surface area (Å²) in [5.74, 6) is -0.0775. The number of carbonyl (C=O) groups excluding carboxylic acids is 1. The number of anilines is 1. The van der Waals surface area contributed by atoms with Crippen LogP contribution in [-0.4, -0.2) is 50.3 Å². The molecule has 1 saturated heterocycles. The second-order valence-electron chi connectivity index (χ2n) is 6.20. The number of aromatic nitrogens is 4. The molecule has 2 atom stereocenters. The maximum Gasteiger partial charge on any atom is 0.287 e. The molecule has 1 fully saturated rings. The summed E-state index contributed by atoms with van der Waals surface area (Å²) >= 11 is 7.36. The topological polar surface area (TPSA) is 107 Å². The molecule has 0 saturated carbocycles. The third-order valence-corrected chi connectivity index (χ3v) is 5.70. The fourth-order valence-corrected chi connectivity index (χ4v) is 3.81. The van der Waals surface area contributed by atoms with E-state index in [-0.39, 0.29) is 17.8 Å². The van der Waals surface area contributed by atoms with Crippen molar-refractivity contribution >= 4 is 34.0 Å². The second kappa shape index (κ2) is 7.73. The van der Waals surface area contributed by atoms with Crippen LogP contribution >= 0.6 is 22.9 Å². The lowest BCUT2D eigenvalue weighted by molar-refractivity contribution is 0.0930. The summed E-state index contributed by atoms with van der Waals surface area (Å²) in [7, 11) is 0. The number of aliphatic hydroxyl groups is 1. The van der Waals surface area contributed by atoms with E-state index < -0.39 is 6.10 Å². The predicted octanol–water partition coefficient (Wildman–Crippen LogP) is 2.10. The molecule has 140 valence electrons. The van der Waals surface area contributed by atoms with Gasteiger partial charge in [0, 0.05) is 13.1 Å². The maximum atomic E-state index is 12.4. The van der Waals surface area contributed by atoms with Gasteiger partial charge in [0.1, 0.15) is 11.1 Å². The minimum absolute atomic E-state index is 0.142. The first-order valence-electron chi connectivity index (χ1n) is 8.38. The highest BCUT2D eigenvalue weighted by molar-refractivity contribution is 7.15. The van der Waals surface area contributed by atoms with Crippen LogP contribution in [0.5, 0.6) is 0 Å². The SMILES string of the molecule is C=C1CN(c2nnc(C(C)O)s2)CC[C@H]1NC(=O)c1nc(Cl)c(CC)[nH]1. The zero-order chi connectivity index (χ0) is 18.8. The highest BCUT2D eigenvalue weighted by atomic mass is 35.5. The van der Waals surface area contributed by atoms with Gasteiger partial charge < -0.3 is 20.3 Å². The Morgan fingerprint density at radius 2 is 2.35 bits per heavy atom. The van der Waals surface area contributed by atoms with E-state index in [9.17, 15) is 9.90 Å². The summed E-state index contributed by atoms with van der Waals surface area (Å²) in [6.45, 7) is 8.97. The van der Waals surface area contributed by atoms with Gasteiger partial charge >= 0.3 is 0 Å². The van der Waals surface area contributed by atoms with Gasteiger partial charge in [-0.3, -0.25) is 4.79 Å². The predicted molar refractivity (Wildman–Crippen MR) is 101 cm³/mol. The lowest BCUT2D eigenvalue weighted by atomic mass is 10.0. The summed E-state index contributed by atoms with van der Waals surface area (Å²) in [4.78, 5) is 21.5. The maximum absolute atomic E-state index is 12.4. The minimum Gasteiger partial charge on any atom is -0.386 e. The van der Waals surface area contributed by atoms with E-state index in [4.69, 9.17) is 11.6 Å². The Morgan fingerprint density at radius 1 is 1.58 bits per heavy atom. The van der Waals surface area contributed by atoms with Crippen LogP contribution in [0.25, 0.3) is 0 Å². The number of rotatable bonds is 5. The number of nitrogens with zero attached hydrogens (tertiary/aromatic N) is 4. The Kier molecular flexibility index (Phi) is 5.59. The number of H-pyrrole nitrogens is 1. The van der Waals surface area contributed by atoms with Crippen molar-refractivity contribution in [2.75, 3.05) is 18.0 Å². The molecule has 1 aliphatic rings. The molecule has 1 unspecified atom stereocenters. The van der Waals surface area contributed by atoms with Gasteiger partial charge in [0.15, 0.2) is 11.0 Å². The van der Waals surface area contributed by atoms with Crippen molar-refractivity contribution in [2.24, 2.45) is 0 Å². The number of piperidine rings is 1. The zero-order valence-corrected chi connectivity index (χ0v) is 16.2. The zero-order valence-electron chi connectivity index (χ0n) is 14.6. The van der Waals surface area contributed by atoms with Crippen LogP contribution in [-0.2, 0) is 6.42 Å². The largest absolute Gasteiger partial charge is 0.386 e. The van der Waals surface area contributed by atoms with E-state index >= 15 is 0 Å². The molecule has 0 radical (unpaired) electrons. The average molecular weight is 397 g/mol. The van der Waals surface area contributed by atoms with Crippen LogP contribution < -0.4 is 10.2 Å². The molecule has 0 spiro atoms. The van der Waals surface area contributed by atoms with Gasteiger partial charge in [-0.15, -0.1) is 10.2 Å². The van der Waals surface area contributed by atoms with Crippen LogP contribution in [0.3, 0.4) is 0 Å². The number of imidazole rings is 1. The van der Waals surface area contributed by atoms with Crippen molar-refractivity contribution in [2.45, 2.75) is 38.8 Å². The van der Waals surface area contributed by atoms with E-state index in [0.717, 1.165) is 16.4 Å². The van der Waals surface area contributed by atoms with Crippen LogP contribution in [0, 0.1) is 0 Å². The smallest absolute Gasteiger partial charge is 0.287 e. The van der Waals surface area contributed by atoms with Gasteiger partial charge in [-0.2, -0.15) is 0 Å². The van der Waals surface area contributed by atoms with E-state index in [1.54, 1.807) is 6.92 Å². The minimum atomic E-state index is -0.630. The Hall–Kier alpha value is -1.97. The number of halogens is 1. The molecule has 1 amide bonds. The van der Waals surface area contributed by atoms with E-state index in [1.807, 2.05) is 11.8 Å². The van der Waals surface area contributed by atoms with Crippen molar-refractivity contribution in [1.82, 2.24) is 25.5 Å². The molecule has 1 aliphatic heterocycles. The number of aryl methyl sites for hydroxylation is 1. The number of hydrogen-bond donors (Lipinski definition) is 3. The molecule has 26 heavy (non-hydrogen) atoms. The summed E-state index contributed by atoms with van der Waals surface area (Å²) in [5.41, 5.74) is 1.63. The highest BCUT2D eigenvalue weighted by Crippen LogP contribution is 2.28. The Balaban J connectivity index is 1.61. The molecule has 10 heteroatoms. The first-order valence-corrected chi connectivity index (χ1v) is 9.57. The Labute approximate surface area is 160 Å². The van der Waals surface area contributed by atoms with Gasteiger partial charge in [0.25, 0.3) is 5.91 Å². The van der Waals surface area contributed by atoms with Gasteiger partial charge in [-0.05, 0) is 25.3 Å². The van der Waals surface area contributed by atoms with Gasteiger partial charge in [0.05, 0.1) is 11.7 Å². The molecule has 3 N–H and O–H groups in total. The summed E-state index contributed by atoms with van der Waals surface area (Å²) < 4.78 is 0. The van der Waals surface area contributed by atoms with Crippen molar-refractivity contribution < 1.29 is 9.90 Å². The van der Waals surface area contributed by atoms with Gasteiger partial charge in [-0.1, -0.05) is 36.4 Å². The molecule has 2 aromatic heterocycles. The van der Waals surface area contributed by atoms with Crippen LogP contribution in [0.1, 0.15) is 47.7 Å². The molecule has 0 aromatic carbocycles. The number of hydrogen-bond acceptors (Lipinski definition) is 7. The second-order valence-corrected chi connectivity index (χ2v) is 7.55. The lowest BCUT2D eigenvalue weighted by Crippen LogP contribution is -2.46. The Bertz CT molecular complexity index is 818. The quantitative estimate of drug-likeness (QED) is 0.668. The monoisotopic (exact) mass is 396 g/mol. The average Bonchev–Trinajstić information content (AvgIpc) is 3.23. The lowest BCUT2D eigenvalue weighted by Gasteiger charge is -2.33. The molecule has 3 rings (SSSR count). The molecular formula is C16H21ClN6O2S. The molecule has 0 aliphatic carbocycles. The summed E-state index contributed by atoms with van der Waals surface area (Å²) in [6.07, 6.45) is 0.749. The summed E-state index contributed by atoms with van der Waals surface area (Å²) in [5, 5.41) is 22.3. The third-order valence-electron chi connectivity index (χ3n) is 4.23. The van der Waals surface area contributed by atoms with E-state index in [2.05, 4.69) is 32.1 Å². The Morgan fingerprint density at radius 3 is 2.92 bits per heavy atom. The highest BCUT2D eigenvalue weighted by Gasteiger charge is 2.27. The van der Waals surface area contributed by atoms with Crippen molar-refractivity contribution in [3.63, 3.8) is 0 Å².